The van der Waals surface area contributed by atoms with Crippen molar-refractivity contribution in [2.75, 3.05) is 0 Å². The van der Waals surface area contributed by atoms with E-state index >= 15 is 0 Å². The van der Waals surface area contributed by atoms with Crippen molar-refractivity contribution >= 4 is 38.4 Å². The normalized spacial score (nSPS) is 12.9. The van der Waals surface area contributed by atoms with Crippen molar-refractivity contribution in [3.63, 3.8) is 0 Å². The summed E-state index contributed by atoms with van der Waals surface area (Å²) in [7, 11) is -2.52. The molecule has 0 aliphatic carbocycles. The third-order valence-electron chi connectivity index (χ3n) is 4.19. The molecule has 3 rings (SSSR count). The Morgan fingerprint density at radius 1 is 1.33 bits per heavy atom. The van der Waals surface area contributed by atoms with E-state index in [-0.39, 0.29) is 5.91 Å². The van der Waals surface area contributed by atoms with Crippen LogP contribution in [0.3, 0.4) is 0 Å². The maximum absolute atomic E-state index is 14.0. The number of nitrogens with two attached hydrogens (primary N) is 1. The van der Waals surface area contributed by atoms with Gasteiger partial charge in [0.25, 0.3) is 15.9 Å². The van der Waals surface area contributed by atoms with E-state index in [1.165, 1.54) is 0 Å². The number of aryl methyl sites for hydroxylation is 1. The molecule has 1 aromatic carbocycles. The zero-order valence-corrected chi connectivity index (χ0v) is 16.0. The van der Waals surface area contributed by atoms with Crippen LogP contribution in [0.15, 0.2) is 41.6 Å². The standard InChI is InChI=1S/C17H16ClFN4O3S/c1-9(11-5-13(19)17(21-8-11)27(20,25)26)22-16(24)15-6-10-3-4-12(18)7-14(10)23(15)2/h3-9H,1-2H3,(H,22,24)(H2,20,25,26). The summed E-state index contributed by atoms with van der Waals surface area (Å²) in [6, 6.07) is 7.38. The van der Waals surface area contributed by atoms with Gasteiger partial charge in [0, 0.05) is 29.2 Å². The first-order chi connectivity index (χ1) is 12.6. The Kier molecular flexibility index (Phi) is 4.94. The van der Waals surface area contributed by atoms with Crippen LogP contribution in [0.1, 0.15) is 29.0 Å². The highest BCUT2D eigenvalue weighted by atomic mass is 35.5. The van der Waals surface area contributed by atoms with Crippen molar-refractivity contribution in [3.05, 3.63) is 58.6 Å². The molecule has 0 saturated carbocycles. The number of rotatable bonds is 4. The van der Waals surface area contributed by atoms with E-state index in [0.717, 1.165) is 23.2 Å². The van der Waals surface area contributed by atoms with E-state index in [1.54, 1.807) is 36.7 Å². The molecular weight excluding hydrogens is 395 g/mol. The molecule has 3 N–H and O–H groups in total. The van der Waals surface area contributed by atoms with Crippen LogP contribution in [0.4, 0.5) is 4.39 Å². The molecule has 0 saturated heterocycles. The maximum atomic E-state index is 14.0. The Labute approximate surface area is 160 Å². The first-order valence-electron chi connectivity index (χ1n) is 7.82. The van der Waals surface area contributed by atoms with E-state index < -0.39 is 26.9 Å². The first kappa shape index (κ1) is 19.3. The lowest BCUT2D eigenvalue weighted by atomic mass is 10.1. The third-order valence-corrected chi connectivity index (χ3v) is 5.26. The van der Waals surface area contributed by atoms with Crippen LogP contribution in [0.2, 0.25) is 5.02 Å². The lowest BCUT2D eigenvalue weighted by Crippen LogP contribution is -2.28. The second-order valence-corrected chi connectivity index (χ2v) is 8.00. The SMILES string of the molecule is CC(NC(=O)c1cc2ccc(Cl)cc2n1C)c1cnc(S(N)(=O)=O)c(F)c1. The lowest BCUT2D eigenvalue weighted by molar-refractivity contribution is 0.0932. The minimum atomic E-state index is -4.25. The molecule has 10 heteroatoms. The Morgan fingerprint density at radius 2 is 2.04 bits per heavy atom. The number of nitrogens with zero attached hydrogens (tertiary/aromatic N) is 2. The second-order valence-electron chi connectivity index (χ2n) is 6.09. The van der Waals surface area contributed by atoms with Crippen LogP contribution in [0.25, 0.3) is 10.9 Å². The van der Waals surface area contributed by atoms with Gasteiger partial charge in [0.05, 0.1) is 6.04 Å². The largest absolute Gasteiger partial charge is 0.344 e. The van der Waals surface area contributed by atoms with Crippen molar-refractivity contribution in [2.24, 2.45) is 12.2 Å². The smallest absolute Gasteiger partial charge is 0.268 e. The number of carbonyl (C=O) groups excluding carboxylic acids is 1. The fourth-order valence-corrected chi connectivity index (χ4v) is 3.46. The molecule has 1 amide bonds. The average Bonchev–Trinajstić information content (AvgIpc) is 2.90. The molecule has 3 aromatic rings. The molecular formula is C17H16ClFN4O3S. The van der Waals surface area contributed by atoms with E-state index in [9.17, 15) is 17.6 Å². The van der Waals surface area contributed by atoms with Gasteiger partial charge in [-0.25, -0.2) is 22.9 Å². The van der Waals surface area contributed by atoms with Crippen molar-refractivity contribution in [3.8, 4) is 0 Å². The fraction of sp³-hybridized carbons (Fsp3) is 0.176. The van der Waals surface area contributed by atoms with Gasteiger partial charge in [0.15, 0.2) is 5.82 Å². The monoisotopic (exact) mass is 410 g/mol. The minimum absolute atomic E-state index is 0.301. The van der Waals surface area contributed by atoms with Crippen LogP contribution >= 0.6 is 11.6 Å². The first-order valence-corrected chi connectivity index (χ1v) is 9.74. The maximum Gasteiger partial charge on any atom is 0.268 e. The molecule has 1 unspecified atom stereocenters. The van der Waals surface area contributed by atoms with Crippen LogP contribution < -0.4 is 10.5 Å². The highest BCUT2D eigenvalue weighted by Crippen LogP contribution is 2.23. The number of sulfonamides is 1. The molecule has 27 heavy (non-hydrogen) atoms. The Balaban J connectivity index is 1.86. The Hall–Kier alpha value is -2.49. The number of primary sulfonamides is 1. The molecule has 0 aliphatic heterocycles. The number of hydrogen-bond acceptors (Lipinski definition) is 4. The molecule has 2 heterocycles. The van der Waals surface area contributed by atoms with Gasteiger partial charge in [-0.05, 0) is 36.8 Å². The topological polar surface area (TPSA) is 107 Å². The quantitative estimate of drug-likeness (QED) is 0.688. The summed E-state index contributed by atoms with van der Waals surface area (Å²) in [5.74, 6) is -1.46. The van der Waals surface area contributed by atoms with E-state index in [0.29, 0.717) is 16.3 Å². The number of benzene rings is 1. The number of nitrogens with one attached hydrogen (secondary N) is 1. The lowest BCUT2D eigenvalue weighted by Gasteiger charge is -2.15. The Morgan fingerprint density at radius 3 is 2.67 bits per heavy atom. The molecule has 1 atom stereocenters. The van der Waals surface area contributed by atoms with Gasteiger partial charge in [-0.3, -0.25) is 4.79 Å². The molecule has 0 spiro atoms. The predicted molar refractivity (Wildman–Crippen MR) is 99.4 cm³/mol. The van der Waals surface area contributed by atoms with Gasteiger partial charge in [-0.1, -0.05) is 17.7 Å². The molecule has 142 valence electrons. The fourth-order valence-electron chi connectivity index (χ4n) is 2.76. The minimum Gasteiger partial charge on any atom is -0.344 e. The van der Waals surface area contributed by atoms with Crippen molar-refractivity contribution in [2.45, 2.75) is 18.0 Å². The van der Waals surface area contributed by atoms with E-state index in [1.807, 2.05) is 6.07 Å². The van der Waals surface area contributed by atoms with Crippen LogP contribution in [0.5, 0.6) is 0 Å². The summed E-state index contributed by atoms with van der Waals surface area (Å²) < 4.78 is 38.1. The average molecular weight is 411 g/mol. The van der Waals surface area contributed by atoms with Gasteiger partial charge >= 0.3 is 0 Å². The highest BCUT2D eigenvalue weighted by Gasteiger charge is 2.20. The van der Waals surface area contributed by atoms with Crippen LogP contribution in [0, 0.1) is 5.82 Å². The number of fused-ring (bicyclic) bond motifs is 1. The second kappa shape index (κ2) is 6.91. The molecule has 0 radical (unpaired) electrons. The number of pyridine rings is 1. The summed E-state index contributed by atoms with van der Waals surface area (Å²) in [5.41, 5.74) is 1.49. The van der Waals surface area contributed by atoms with E-state index in [2.05, 4.69) is 10.3 Å². The number of hydrogen-bond donors (Lipinski definition) is 2. The molecule has 0 aliphatic rings. The van der Waals surface area contributed by atoms with Gasteiger partial charge in [0.2, 0.25) is 5.03 Å². The summed E-state index contributed by atoms with van der Waals surface area (Å²) in [6.45, 7) is 1.63. The third kappa shape index (κ3) is 3.80. The number of amides is 1. The van der Waals surface area contributed by atoms with Crippen molar-refractivity contribution in [1.82, 2.24) is 14.9 Å². The van der Waals surface area contributed by atoms with Crippen molar-refractivity contribution in [1.29, 1.82) is 0 Å². The number of carbonyl (C=O) groups is 1. The van der Waals surface area contributed by atoms with Crippen molar-refractivity contribution < 1.29 is 17.6 Å². The summed E-state index contributed by atoms with van der Waals surface area (Å²) in [4.78, 5) is 16.2. The van der Waals surface area contributed by atoms with Gasteiger partial charge in [0.1, 0.15) is 5.69 Å². The zero-order valence-electron chi connectivity index (χ0n) is 14.4. The summed E-state index contributed by atoms with van der Waals surface area (Å²) >= 11 is 6.00. The number of halogens is 2. The number of aromatic nitrogens is 2. The van der Waals surface area contributed by atoms with Gasteiger partial charge in [-0.15, -0.1) is 0 Å². The molecule has 0 fully saturated rings. The summed E-state index contributed by atoms with van der Waals surface area (Å²) in [5, 5.41) is 8.20. The van der Waals surface area contributed by atoms with Crippen LogP contribution in [-0.2, 0) is 17.1 Å². The van der Waals surface area contributed by atoms with Gasteiger partial charge < -0.3 is 9.88 Å². The zero-order chi connectivity index (χ0) is 19.9. The molecule has 0 bridgehead atoms. The van der Waals surface area contributed by atoms with Gasteiger partial charge in [-0.2, -0.15) is 0 Å². The Bertz CT molecular complexity index is 1160. The molecule has 2 aromatic heterocycles. The van der Waals surface area contributed by atoms with E-state index in [4.69, 9.17) is 16.7 Å². The molecule has 7 nitrogen and oxygen atoms in total. The predicted octanol–water partition coefficient (Wildman–Crippen LogP) is 2.50. The highest BCUT2D eigenvalue weighted by molar-refractivity contribution is 7.89. The summed E-state index contributed by atoms with van der Waals surface area (Å²) in [6.07, 6.45) is 1.16. The van der Waals surface area contributed by atoms with Crippen LogP contribution in [-0.4, -0.2) is 23.9 Å².